The highest BCUT2D eigenvalue weighted by molar-refractivity contribution is 9.10. The summed E-state index contributed by atoms with van der Waals surface area (Å²) in [5.41, 5.74) is 0.810. The minimum absolute atomic E-state index is 0.221. The van der Waals surface area contributed by atoms with Crippen molar-refractivity contribution >= 4 is 27.7 Å². The first-order valence-electron chi connectivity index (χ1n) is 5.43. The Morgan fingerprint density at radius 2 is 2.17 bits per heavy atom. The molecule has 0 atom stereocenters. The molecule has 96 valence electrons. The molecule has 1 N–H and O–H groups in total. The van der Waals surface area contributed by atoms with Crippen LogP contribution < -0.4 is 5.32 Å². The number of amides is 1. The maximum Gasteiger partial charge on any atom is 0.412 e. The van der Waals surface area contributed by atoms with Crippen LogP contribution in [0, 0.1) is 6.57 Å². The average Bonchev–Trinajstić information content (AvgIpc) is 2.19. The van der Waals surface area contributed by atoms with Crippen molar-refractivity contribution in [2.45, 2.75) is 32.9 Å². The second kappa shape index (κ2) is 5.87. The van der Waals surface area contributed by atoms with E-state index in [1.807, 2.05) is 6.07 Å². The highest BCUT2D eigenvalue weighted by Gasteiger charge is 2.17. The van der Waals surface area contributed by atoms with Crippen LogP contribution >= 0.6 is 15.9 Å². The smallest absolute Gasteiger partial charge is 0.412 e. The molecule has 0 saturated heterocycles. The third-order valence-electron chi connectivity index (χ3n) is 1.96. The van der Waals surface area contributed by atoms with Gasteiger partial charge in [-0.2, -0.15) is 0 Å². The standard InChI is InChI=1S/C13H15BrN2O2/c1-13(2,3)18-12(17)16-11-7-10(14)6-5-9(11)8-15-4/h5-7H,8H2,1-3H3,(H,16,17). The number of rotatable bonds is 2. The third-order valence-corrected chi connectivity index (χ3v) is 2.45. The normalized spacial score (nSPS) is 10.6. The van der Waals surface area contributed by atoms with Crippen molar-refractivity contribution in [3.63, 3.8) is 0 Å². The highest BCUT2D eigenvalue weighted by atomic mass is 79.9. The molecule has 1 aromatic rings. The summed E-state index contributed by atoms with van der Waals surface area (Å²) < 4.78 is 6.01. The molecule has 5 heteroatoms. The van der Waals surface area contributed by atoms with Gasteiger partial charge in [-0.05, 0) is 39.0 Å². The molecule has 0 heterocycles. The predicted octanol–water partition coefficient (Wildman–Crippen LogP) is 4.22. The van der Waals surface area contributed by atoms with Gasteiger partial charge in [0.2, 0.25) is 6.54 Å². The number of hydrogen-bond donors (Lipinski definition) is 1. The van der Waals surface area contributed by atoms with Crippen LogP contribution in [0.1, 0.15) is 26.3 Å². The Bertz CT molecular complexity index is 487. The lowest BCUT2D eigenvalue weighted by Gasteiger charge is -2.20. The first kappa shape index (κ1) is 14.5. The van der Waals surface area contributed by atoms with E-state index in [1.54, 1.807) is 32.9 Å². The van der Waals surface area contributed by atoms with E-state index in [1.165, 1.54) is 0 Å². The zero-order valence-corrected chi connectivity index (χ0v) is 12.2. The Morgan fingerprint density at radius 1 is 1.50 bits per heavy atom. The predicted molar refractivity (Wildman–Crippen MR) is 74.3 cm³/mol. The Morgan fingerprint density at radius 3 is 2.72 bits per heavy atom. The van der Waals surface area contributed by atoms with Crippen LogP contribution in [0.4, 0.5) is 10.5 Å². The maximum atomic E-state index is 11.7. The van der Waals surface area contributed by atoms with Gasteiger partial charge in [-0.3, -0.25) is 5.32 Å². The van der Waals surface area contributed by atoms with Crippen LogP contribution in [-0.2, 0) is 11.3 Å². The Kier molecular flexibility index (Phi) is 4.74. The van der Waals surface area contributed by atoms with Gasteiger partial charge in [0.1, 0.15) is 5.60 Å². The second-order valence-corrected chi connectivity index (χ2v) is 5.66. The summed E-state index contributed by atoms with van der Waals surface area (Å²) in [6, 6.07) is 5.39. The Hall–Kier alpha value is -1.54. The molecule has 0 aliphatic carbocycles. The number of nitrogens with one attached hydrogen (secondary N) is 1. The van der Waals surface area contributed by atoms with E-state index in [4.69, 9.17) is 11.3 Å². The van der Waals surface area contributed by atoms with Gasteiger partial charge in [0.15, 0.2) is 0 Å². The van der Waals surface area contributed by atoms with Crippen molar-refractivity contribution in [1.29, 1.82) is 0 Å². The summed E-state index contributed by atoms with van der Waals surface area (Å²) >= 11 is 3.33. The van der Waals surface area contributed by atoms with Gasteiger partial charge in [-0.25, -0.2) is 11.4 Å². The minimum Gasteiger partial charge on any atom is -0.444 e. The summed E-state index contributed by atoms with van der Waals surface area (Å²) in [6.45, 7) is 12.5. The number of benzene rings is 1. The summed E-state index contributed by atoms with van der Waals surface area (Å²) in [4.78, 5) is 15.0. The number of carbonyl (C=O) groups is 1. The molecule has 0 bridgehead atoms. The number of halogens is 1. The Labute approximate surface area is 115 Å². The fourth-order valence-electron chi connectivity index (χ4n) is 1.30. The van der Waals surface area contributed by atoms with Crippen molar-refractivity contribution < 1.29 is 9.53 Å². The molecule has 0 unspecified atom stereocenters. The first-order chi connectivity index (χ1) is 8.31. The first-order valence-corrected chi connectivity index (χ1v) is 6.23. The van der Waals surface area contributed by atoms with E-state index >= 15 is 0 Å². The molecule has 1 amide bonds. The van der Waals surface area contributed by atoms with Crippen molar-refractivity contribution in [2.24, 2.45) is 0 Å². The highest BCUT2D eigenvalue weighted by Crippen LogP contribution is 2.23. The largest absolute Gasteiger partial charge is 0.444 e. The average molecular weight is 311 g/mol. The Balaban J connectivity index is 2.86. The van der Waals surface area contributed by atoms with Crippen molar-refractivity contribution in [2.75, 3.05) is 5.32 Å². The molecule has 0 fully saturated rings. The van der Waals surface area contributed by atoms with Gasteiger partial charge in [0.05, 0.1) is 11.3 Å². The van der Waals surface area contributed by atoms with Crippen molar-refractivity contribution in [1.82, 2.24) is 0 Å². The van der Waals surface area contributed by atoms with Crippen LogP contribution in [0.3, 0.4) is 0 Å². The van der Waals surface area contributed by atoms with E-state index in [0.29, 0.717) is 5.69 Å². The van der Waals surface area contributed by atoms with Gasteiger partial charge >= 0.3 is 6.09 Å². The third kappa shape index (κ3) is 4.76. The van der Waals surface area contributed by atoms with Crippen LogP contribution in [0.15, 0.2) is 22.7 Å². The number of ether oxygens (including phenoxy) is 1. The van der Waals surface area contributed by atoms with Crippen molar-refractivity contribution in [3.05, 3.63) is 39.7 Å². The van der Waals surface area contributed by atoms with Crippen LogP contribution in [0.2, 0.25) is 0 Å². The van der Waals surface area contributed by atoms with Crippen molar-refractivity contribution in [3.8, 4) is 0 Å². The van der Waals surface area contributed by atoms with Crippen LogP contribution in [-0.4, -0.2) is 11.7 Å². The lowest BCUT2D eigenvalue weighted by Crippen LogP contribution is -2.27. The van der Waals surface area contributed by atoms with Gasteiger partial charge < -0.3 is 9.58 Å². The lowest BCUT2D eigenvalue weighted by molar-refractivity contribution is 0.0636. The van der Waals surface area contributed by atoms with E-state index in [-0.39, 0.29) is 6.54 Å². The number of hydrogen-bond acceptors (Lipinski definition) is 2. The molecule has 4 nitrogen and oxygen atoms in total. The van der Waals surface area contributed by atoms with Gasteiger partial charge in [-0.1, -0.05) is 15.9 Å². The molecule has 1 aromatic carbocycles. The van der Waals surface area contributed by atoms with E-state index in [0.717, 1.165) is 10.0 Å². The molecule has 1 rings (SSSR count). The second-order valence-electron chi connectivity index (χ2n) is 4.74. The fraction of sp³-hybridized carbons (Fsp3) is 0.385. The number of carbonyl (C=O) groups excluding carboxylic acids is 1. The van der Waals surface area contributed by atoms with Gasteiger partial charge in [-0.15, -0.1) is 0 Å². The summed E-state index contributed by atoms with van der Waals surface area (Å²) in [6.07, 6.45) is -0.521. The molecular weight excluding hydrogens is 296 g/mol. The van der Waals surface area contributed by atoms with E-state index < -0.39 is 11.7 Å². The quantitative estimate of drug-likeness (QED) is 0.831. The minimum atomic E-state index is -0.546. The molecule has 18 heavy (non-hydrogen) atoms. The van der Waals surface area contributed by atoms with Crippen LogP contribution in [0.5, 0.6) is 0 Å². The molecule has 0 aliphatic heterocycles. The molecule has 0 saturated carbocycles. The number of nitrogens with zero attached hydrogens (tertiary/aromatic N) is 1. The molecule has 0 radical (unpaired) electrons. The van der Waals surface area contributed by atoms with Crippen LogP contribution in [0.25, 0.3) is 4.85 Å². The van der Waals surface area contributed by atoms with E-state index in [2.05, 4.69) is 26.1 Å². The maximum absolute atomic E-state index is 11.7. The lowest BCUT2D eigenvalue weighted by atomic mass is 10.2. The SMILES string of the molecule is [C-]#[N+]Cc1ccc(Br)cc1NC(=O)OC(C)(C)C. The fourth-order valence-corrected chi connectivity index (χ4v) is 1.66. The zero-order valence-electron chi connectivity index (χ0n) is 10.6. The van der Waals surface area contributed by atoms with Gasteiger partial charge in [0.25, 0.3) is 0 Å². The summed E-state index contributed by atoms with van der Waals surface area (Å²) in [7, 11) is 0. The topological polar surface area (TPSA) is 42.7 Å². The molecule has 0 spiro atoms. The monoisotopic (exact) mass is 310 g/mol. The molecule has 0 aromatic heterocycles. The molecular formula is C13H15BrN2O2. The van der Waals surface area contributed by atoms with Gasteiger partial charge in [0, 0.05) is 4.47 Å². The molecule has 0 aliphatic rings. The summed E-state index contributed by atoms with van der Waals surface area (Å²) in [5.74, 6) is 0. The van der Waals surface area contributed by atoms with E-state index in [9.17, 15) is 4.79 Å². The number of anilines is 1. The summed E-state index contributed by atoms with van der Waals surface area (Å²) in [5, 5.41) is 2.66. The zero-order chi connectivity index (χ0) is 13.8.